The SMILES string of the molecule is N#Cc1ccc(NC2Cc3ccc(Cl)cc3C2)cc1Cl. The lowest BCUT2D eigenvalue weighted by molar-refractivity contribution is 0.774. The molecule has 2 nitrogen and oxygen atoms in total. The second-order valence-corrected chi connectivity index (χ2v) is 5.81. The van der Waals surface area contributed by atoms with Crippen molar-refractivity contribution < 1.29 is 0 Å². The average Bonchev–Trinajstić information content (AvgIpc) is 2.80. The maximum Gasteiger partial charge on any atom is 0.101 e. The molecule has 1 aliphatic carbocycles. The minimum Gasteiger partial charge on any atom is -0.382 e. The van der Waals surface area contributed by atoms with E-state index in [0.29, 0.717) is 16.6 Å². The van der Waals surface area contributed by atoms with Gasteiger partial charge in [-0.15, -0.1) is 0 Å². The molecule has 0 heterocycles. The number of anilines is 1. The van der Waals surface area contributed by atoms with Crippen LogP contribution >= 0.6 is 23.2 Å². The average molecular weight is 303 g/mol. The zero-order chi connectivity index (χ0) is 14.1. The quantitative estimate of drug-likeness (QED) is 0.890. The molecule has 0 aromatic heterocycles. The molecule has 4 heteroatoms. The van der Waals surface area contributed by atoms with Gasteiger partial charge in [-0.05, 0) is 54.3 Å². The van der Waals surface area contributed by atoms with Crippen LogP contribution in [0.5, 0.6) is 0 Å². The van der Waals surface area contributed by atoms with E-state index >= 15 is 0 Å². The van der Waals surface area contributed by atoms with Crippen LogP contribution in [0.1, 0.15) is 16.7 Å². The number of nitrogens with one attached hydrogen (secondary N) is 1. The fourth-order valence-corrected chi connectivity index (χ4v) is 3.04. The third-order valence-corrected chi connectivity index (χ3v) is 4.11. The highest BCUT2D eigenvalue weighted by Crippen LogP contribution is 2.28. The standard InChI is InChI=1S/C16H12Cl2N2/c17-13-3-1-10-6-15(7-12(10)5-13)20-14-4-2-11(9-19)16(18)8-14/h1-5,8,15,20H,6-7H2. The van der Waals surface area contributed by atoms with E-state index in [9.17, 15) is 0 Å². The summed E-state index contributed by atoms with van der Waals surface area (Å²) in [6, 6.07) is 13.9. The highest BCUT2D eigenvalue weighted by atomic mass is 35.5. The number of fused-ring (bicyclic) bond motifs is 1. The normalized spacial score (nSPS) is 16.6. The van der Waals surface area contributed by atoms with E-state index in [4.69, 9.17) is 28.5 Å². The van der Waals surface area contributed by atoms with Gasteiger partial charge in [0.1, 0.15) is 6.07 Å². The van der Waals surface area contributed by atoms with Crippen LogP contribution in [0, 0.1) is 11.3 Å². The molecule has 2 aromatic rings. The summed E-state index contributed by atoms with van der Waals surface area (Å²) < 4.78 is 0. The van der Waals surface area contributed by atoms with Crippen LogP contribution in [0.2, 0.25) is 10.0 Å². The number of halogens is 2. The van der Waals surface area contributed by atoms with Crippen molar-refractivity contribution in [2.45, 2.75) is 18.9 Å². The molecular weight excluding hydrogens is 291 g/mol. The molecule has 3 rings (SSSR count). The first-order valence-corrected chi connectivity index (χ1v) is 7.15. The number of nitriles is 1. The topological polar surface area (TPSA) is 35.8 Å². The van der Waals surface area contributed by atoms with Crippen molar-refractivity contribution >= 4 is 28.9 Å². The molecular formula is C16H12Cl2N2. The Labute approximate surface area is 127 Å². The molecule has 0 spiro atoms. The molecule has 0 bridgehead atoms. The zero-order valence-electron chi connectivity index (χ0n) is 10.7. The summed E-state index contributed by atoms with van der Waals surface area (Å²) >= 11 is 12.1. The van der Waals surface area contributed by atoms with Gasteiger partial charge >= 0.3 is 0 Å². The number of benzene rings is 2. The van der Waals surface area contributed by atoms with Crippen LogP contribution in [0.15, 0.2) is 36.4 Å². The zero-order valence-corrected chi connectivity index (χ0v) is 12.2. The Morgan fingerprint density at radius 1 is 1.05 bits per heavy atom. The Morgan fingerprint density at radius 2 is 1.85 bits per heavy atom. The lowest BCUT2D eigenvalue weighted by Crippen LogP contribution is -2.19. The number of nitrogens with zero attached hydrogens (tertiary/aromatic N) is 1. The van der Waals surface area contributed by atoms with Gasteiger partial charge in [-0.25, -0.2) is 0 Å². The van der Waals surface area contributed by atoms with Crippen molar-refractivity contribution in [2.75, 3.05) is 5.32 Å². The summed E-state index contributed by atoms with van der Waals surface area (Å²) in [6.45, 7) is 0. The molecule has 0 radical (unpaired) electrons. The van der Waals surface area contributed by atoms with Gasteiger partial charge in [0, 0.05) is 16.8 Å². The van der Waals surface area contributed by atoms with E-state index in [1.54, 1.807) is 12.1 Å². The molecule has 0 fully saturated rings. The van der Waals surface area contributed by atoms with Crippen LogP contribution in [0.25, 0.3) is 0 Å². The smallest absolute Gasteiger partial charge is 0.101 e. The summed E-state index contributed by atoms with van der Waals surface area (Å²) in [5.41, 5.74) is 4.08. The fraction of sp³-hybridized carbons (Fsp3) is 0.188. The third-order valence-electron chi connectivity index (χ3n) is 3.56. The molecule has 2 aromatic carbocycles. The molecule has 100 valence electrons. The monoisotopic (exact) mass is 302 g/mol. The van der Waals surface area contributed by atoms with Gasteiger partial charge in [-0.3, -0.25) is 0 Å². The minimum atomic E-state index is 0.340. The number of hydrogen-bond donors (Lipinski definition) is 1. The van der Waals surface area contributed by atoms with Crippen molar-refractivity contribution in [3.63, 3.8) is 0 Å². The Morgan fingerprint density at radius 3 is 2.60 bits per heavy atom. The van der Waals surface area contributed by atoms with E-state index < -0.39 is 0 Å². The van der Waals surface area contributed by atoms with Gasteiger partial charge in [0.05, 0.1) is 10.6 Å². The second kappa shape index (κ2) is 5.36. The summed E-state index contributed by atoms with van der Waals surface area (Å²) in [6.07, 6.45) is 1.93. The summed E-state index contributed by atoms with van der Waals surface area (Å²) in [7, 11) is 0. The lowest BCUT2D eigenvalue weighted by atomic mass is 10.1. The molecule has 20 heavy (non-hydrogen) atoms. The highest BCUT2D eigenvalue weighted by molar-refractivity contribution is 6.32. The van der Waals surface area contributed by atoms with E-state index in [2.05, 4.69) is 17.5 Å². The molecule has 1 atom stereocenters. The van der Waals surface area contributed by atoms with E-state index in [0.717, 1.165) is 23.6 Å². The first kappa shape index (κ1) is 13.3. The first-order valence-electron chi connectivity index (χ1n) is 6.39. The van der Waals surface area contributed by atoms with Crippen LogP contribution in [0.3, 0.4) is 0 Å². The maximum atomic E-state index is 8.87. The highest BCUT2D eigenvalue weighted by Gasteiger charge is 2.21. The number of rotatable bonds is 2. The van der Waals surface area contributed by atoms with Crippen molar-refractivity contribution in [3.05, 3.63) is 63.1 Å². The van der Waals surface area contributed by atoms with Gasteiger partial charge in [0.25, 0.3) is 0 Å². The van der Waals surface area contributed by atoms with Gasteiger partial charge in [-0.1, -0.05) is 29.3 Å². The molecule has 0 saturated heterocycles. The van der Waals surface area contributed by atoms with E-state index in [1.165, 1.54) is 11.1 Å². The van der Waals surface area contributed by atoms with Gasteiger partial charge in [-0.2, -0.15) is 5.26 Å². The van der Waals surface area contributed by atoms with Gasteiger partial charge in [0.2, 0.25) is 0 Å². The van der Waals surface area contributed by atoms with Crippen LogP contribution in [-0.2, 0) is 12.8 Å². The van der Waals surface area contributed by atoms with E-state index in [-0.39, 0.29) is 0 Å². The van der Waals surface area contributed by atoms with Crippen molar-refractivity contribution in [2.24, 2.45) is 0 Å². The molecule has 0 saturated carbocycles. The maximum absolute atomic E-state index is 8.87. The van der Waals surface area contributed by atoms with Crippen molar-refractivity contribution in [1.82, 2.24) is 0 Å². The van der Waals surface area contributed by atoms with Gasteiger partial charge in [0.15, 0.2) is 0 Å². The predicted octanol–water partition coefficient (Wildman–Crippen LogP) is 4.44. The Hall–Kier alpha value is -1.69. The number of hydrogen-bond acceptors (Lipinski definition) is 2. The summed E-state index contributed by atoms with van der Waals surface area (Å²) in [4.78, 5) is 0. The first-order chi connectivity index (χ1) is 9.65. The summed E-state index contributed by atoms with van der Waals surface area (Å²) in [5, 5.41) is 13.6. The lowest BCUT2D eigenvalue weighted by Gasteiger charge is -2.14. The third kappa shape index (κ3) is 2.60. The molecule has 1 aliphatic rings. The van der Waals surface area contributed by atoms with Crippen molar-refractivity contribution in [1.29, 1.82) is 5.26 Å². The van der Waals surface area contributed by atoms with Gasteiger partial charge < -0.3 is 5.32 Å². The fourth-order valence-electron chi connectivity index (χ4n) is 2.62. The Kier molecular flexibility index (Phi) is 3.56. The molecule has 1 N–H and O–H groups in total. The Bertz CT molecular complexity index is 704. The summed E-state index contributed by atoms with van der Waals surface area (Å²) in [5.74, 6) is 0. The van der Waals surface area contributed by atoms with Crippen LogP contribution in [-0.4, -0.2) is 6.04 Å². The molecule has 1 unspecified atom stereocenters. The Balaban J connectivity index is 1.75. The second-order valence-electron chi connectivity index (χ2n) is 4.97. The van der Waals surface area contributed by atoms with E-state index in [1.807, 2.05) is 18.2 Å². The predicted molar refractivity (Wildman–Crippen MR) is 82.4 cm³/mol. The minimum absolute atomic E-state index is 0.340. The van der Waals surface area contributed by atoms with Crippen molar-refractivity contribution in [3.8, 4) is 6.07 Å². The largest absolute Gasteiger partial charge is 0.382 e. The van der Waals surface area contributed by atoms with Crippen LogP contribution < -0.4 is 5.32 Å². The molecule has 0 aliphatic heterocycles. The molecule has 0 amide bonds. The van der Waals surface area contributed by atoms with Crippen LogP contribution in [0.4, 0.5) is 5.69 Å².